The summed E-state index contributed by atoms with van der Waals surface area (Å²) in [4.78, 5) is 27.9. The zero-order valence-electron chi connectivity index (χ0n) is 25.6. The van der Waals surface area contributed by atoms with Gasteiger partial charge in [-0.2, -0.15) is 5.10 Å². The quantitative estimate of drug-likeness (QED) is 0.130. The van der Waals surface area contributed by atoms with Crippen LogP contribution in [0.4, 0.5) is 0 Å². The maximum Gasteiger partial charge on any atom is 0.137 e. The van der Waals surface area contributed by atoms with Crippen LogP contribution in [-0.4, -0.2) is 40.1 Å². The average molecular weight is 623 g/mol. The van der Waals surface area contributed by atoms with Crippen molar-refractivity contribution in [2.24, 2.45) is 0 Å². The number of aromatic amines is 2. The van der Waals surface area contributed by atoms with Crippen LogP contribution in [0.25, 0.3) is 0 Å². The number of nitrogens with one attached hydrogen (secondary N) is 2. The van der Waals surface area contributed by atoms with Gasteiger partial charge in [-0.3, -0.25) is 10.1 Å². The fourth-order valence-corrected chi connectivity index (χ4v) is 9.01. The predicted octanol–water partition coefficient (Wildman–Crippen LogP) is 7.98. The molecule has 0 aliphatic carbocycles. The van der Waals surface area contributed by atoms with Gasteiger partial charge in [-0.25, -0.2) is 19.9 Å². The number of rotatable bonds is 14. The molecule has 0 aliphatic heterocycles. The van der Waals surface area contributed by atoms with Crippen molar-refractivity contribution in [1.29, 1.82) is 0 Å². The number of H-pyrrole nitrogens is 2. The van der Waals surface area contributed by atoms with E-state index < -0.39 is 0 Å². The molecular formula is C31H42N8S3. The van der Waals surface area contributed by atoms with Crippen LogP contribution < -0.4 is 0 Å². The lowest BCUT2D eigenvalue weighted by Crippen LogP contribution is -2.49. The Bertz CT molecular complexity index is 1490. The van der Waals surface area contributed by atoms with Gasteiger partial charge in [-0.1, -0.05) is 48.5 Å². The average Bonchev–Trinajstić information content (AvgIpc) is 3.80. The van der Waals surface area contributed by atoms with Gasteiger partial charge >= 0.3 is 0 Å². The third-order valence-electron chi connectivity index (χ3n) is 9.71. The van der Waals surface area contributed by atoms with Crippen molar-refractivity contribution in [1.82, 2.24) is 40.1 Å². The molecule has 5 aromatic rings. The van der Waals surface area contributed by atoms with Crippen molar-refractivity contribution in [3.05, 3.63) is 80.1 Å². The summed E-state index contributed by atoms with van der Waals surface area (Å²) in [6, 6.07) is 0. The first-order valence-electron chi connectivity index (χ1n) is 14.4. The maximum atomic E-state index is 4.96. The third kappa shape index (κ3) is 5.88. The molecule has 5 heterocycles. The Hall–Kier alpha value is -2.76. The van der Waals surface area contributed by atoms with E-state index in [0.717, 1.165) is 42.9 Å². The van der Waals surface area contributed by atoms with E-state index in [0.29, 0.717) is 0 Å². The highest BCUT2D eigenvalue weighted by Crippen LogP contribution is 2.55. The van der Waals surface area contributed by atoms with E-state index in [-0.39, 0.29) is 27.1 Å². The molecule has 3 atom stereocenters. The maximum absolute atomic E-state index is 4.96. The molecule has 2 N–H and O–H groups in total. The normalized spacial score (nSPS) is 17.0. The zero-order valence-corrected chi connectivity index (χ0v) is 28.1. The Morgan fingerprint density at radius 2 is 1.60 bits per heavy atom. The number of thiazole rings is 3. The Morgan fingerprint density at radius 3 is 2.19 bits per heavy atom. The van der Waals surface area contributed by atoms with Crippen molar-refractivity contribution < 1.29 is 0 Å². The Balaban J connectivity index is 1.52. The molecule has 0 fully saturated rings. The highest BCUT2D eigenvalue weighted by molar-refractivity contribution is 7.10. The summed E-state index contributed by atoms with van der Waals surface area (Å²) < 4.78 is 0. The predicted molar refractivity (Wildman–Crippen MR) is 173 cm³/mol. The Kier molecular flexibility index (Phi) is 8.57. The lowest BCUT2D eigenvalue weighted by molar-refractivity contribution is 0.164. The van der Waals surface area contributed by atoms with Gasteiger partial charge in [0, 0.05) is 67.0 Å². The Morgan fingerprint density at radius 1 is 0.786 bits per heavy atom. The van der Waals surface area contributed by atoms with Gasteiger partial charge in [-0.15, -0.1) is 34.0 Å². The lowest BCUT2D eigenvalue weighted by atomic mass is 9.56. The smallest absolute Gasteiger partial charge is 0.137 e. The second-order valence-corrected chi connectivity index (χ2v) is 16.0. The minimum atomic E-state index is -0.303. The topological polar surface area (TPSA) is 109 Å². The van der Waals surface area contributed by atoms with Crippen LogP contribution in [0.15, 0.2) is 53.0 Å². The SMILES string of the molecule is CC(C)(CCC(C)(CCC(C)(c1cncs1)C(C)(CC(C)(C)c1ncn[nH]1)c1nccs1)c1cscn1)c1cnc[nH]1. The number of hydrogen-bond acceptors (Lipinski definition) is 9. The van der Waals surface area contributed by atoms with E-state index in [1.165, 1.54) is 16.3 Å². The first-order valence-corrected chi connectivity index (χ1v) is 17.1. The molecule has 5 aromatic heterocycles. The van der Waals surface area contributed by atoms with Crippen LogP contribution in [0.2, 0.25) is 0 Å². The Labute approximate surface area is 260 Å². The van der Waals surface area contributed by atoms with Crippen LogP contribution >= 0.6 is 34.0 Å². The van der Waals surface area contributed by atoms with E-state index >= 15 is 0 Å². The van der Waals surface area contributed by atoms with E-state index in [1.54, 1.807) is 46.7 Å². The third-order valence-corrected chi connectivity index (χ3v) is 12.4. The van der Waals surface area contributed by atoms with Crippen molar-refractivity contribution >= 4 is 34.0 Å². The van der Waals surface area contributed by atoms with E-state index in [4.69, 9.17) is 9.97 Å². The molecule has 0 radical (unpaired) electrons. The second kappa shape index (κ2) is 11.7. The largest absolute Gasteiger partial charge is 0.348 e. The molecule has 5 rings (SSSR count). The van der Waals surface area contributed by atoms with E-state index in [2.05, 4.69) is 95.6 Å². The summed E-state index contributed by atoms with van der Waals surface area (Å²) in [6.45, 7) is 16.3. The monoisotopic (exact) mass is 622 g/mol. The fourth-order valence-electron chi connectivity index (χ4n) is 6.43. The van der Waals surface area contributed by atoms with Gasteiger partial charge < -0.3 is 4.98 Å². The summed E-state index contributed by atoms with van der Waals surface area (Å²) in [5.41, 5.74) is 5.34. The van der Waals surface area contributed by atoms with Gasteiger partial charge in [0.05, 0.1) is 28.0 Å². The molecule has 0 spiro atoms. The molecule has 42 heavy (non-hydrogen) atoms. The van der Waals surface area contributed by atoms with Gasteiger partial charge in [0.25, 0.3) is 0 Å². The standard InChI is InChI=1S/C31H42N8S3/c1-27(2,22-14-32-18-35-22)8-9-29(5,23-16-40-21-37-23)10-11-30(6,24-15-33-20-42-24)31(7,26-34-12-13-41-26)17-28(3,4)25-36-19-38-39-25/h12-16,18-21H,8-11,17H2,1-7H3,(H,32,35)(H,36,38,39). The van der Waals surface area contributed by atoms with E-state index in [9.17, 15) is 0 Å². The van der Waals surface area contributed by atoms with Crippen LogP contribution in [-0.2, 0) is 27.1 Å². The molecular weight excluding hydrogens is 581 g/mol. The number of hydrogen-bond donors (Lipinski definition) is 2. The lowest BCUT2D eigenvalue weighted by Gasteiger charge is -2.49. The summed E-state index contributed by atoms with van der Waals surface area (Å²) in [7, 11) is 0. The van der Waals surface area contributed by atoms with Crippen LogP contribution in [0, 0.1) is 0 Å². The van der Waals surface area contributed by atoms with Gasteiger partial charge in [0.2, 0.25) is 0 Å². The molecule has 11 heteroatoms. The molecule has 0 aliphatic rings. The fraction of sp³-hybridized carbons (Fsp3) is 0.548. The molecule has 0 bridgehead atoms. The minimum Gasteiger partial charge on any atom is -0.348 e. The molecule has 3 unspecified atom stereocenters. The molecule has 0 saturated heterocycles. The van der Waals surface area contributed by atoms with E-state index in [1.807, 2.05) is 23.4 Å². The summed E-state index contributed by atoms with van der Waals surface area (Å²) in [5.74, 6) is 0.894. The van der Waals surface area contributed by atoms with Crippen molar-refractivity contribution in [2.75, 3.05) is 0 Å². The molecule has 0 saturated carbocycles. The summed E-state index contributed by atoms with van der Waals surface area (Å²) in [6.07, 6.45) is 14.1. The van der Waals surface area contributed by atoms with Crippen molar-refractivity contribution in [3.8, 4) is 0 Å². The molecule has 224 valence electrons. The summed E-state index contributed by atoms with van der Waals surface area (Å²) in [5, 5.41) is 12.8. The van der Waals surface area contributed by atoms with Crippen molar-refractivity contribution in [3.63, 3.8) is 0 Å². The summed E-state index contributed by atoms with van der Waals surface area (Å²) >= 11 is 5.17. The van der Waals surface area contributed by atoms with Crippen molar-refractivity contribution in [2.45, 2.75) is 108 Å². The van der Waals surface area contributed by atoms with Gasteiger partial charge in [0.15, 0.2) is 0 Å². The number of aromatic nitrogens is 8. The highest BCUT2D eigenvalue weighted by atomic mass is 32.1. The zero-order chi connectivity index (χ0) is 30.1. The molecule has 0 amide bonds. The molecule has 0 aromatic carbocycles. The van der Waals surface area contributed by atoms with Gasteiger partial charge in [-0.05, 0) is 32.1 Å². The molecule has 8 nitrogen and oxygen atoms in total. The van der Waals surface area contributed by atoms with Crippen LogP contribution in [0.3, 0.4) is 0 Å². The number of nitrogens with zero attached hydrogens (tertiary/aromatic N) is 6. The van der Waals surface area contributed by atoms with Gasteiger partial charge in [0.1, 0.15) is 12.2 Å². The second-order valence-electron chi connectivity index (χ2n) is 13.5. The number of imidazole rings is 1. The van der Waals surface area contributed by atoms with Crippen LogP contribution in [0.5, 0.6) is 0 Å². The minimum absolute atomic E-state index is 0.0226. The van der Waals surface area contributed by atoms with Crippen LogP contribution in [0.1, 0.15) is 108 Å². The first kappa shape index (κ1) is 30.7. The highest BCUT2D eigenvalue weighted by Gasteiger charge is 2.53. The first-order chi connectivity index (χ1) is 19.9.